The van der Waals surface area contributed by atoms with Crippen molar-refractivity contribution in [3.63, 3.8) is 0 Å². The Balaban J connectivity index is 1.72. The Morgan fingerprint density at radius 3 is 2.83 bits per heavy atom. The molecule has 122 valence electrons. The summed E-state index contributed by atoms with van der Waals surface area (Å²) in [5.41, 5.74) is 3.83. The number of hydrogen-bond acceptors (Lipinski definition) is 3. The van der Waals surface area contributed by atoms with Gasteiger partial charge in [-0.1, -0.05) is 30.3 Å². The number of carbonyl (C=O) groups excluding carboxylic acids is 1. The predicted octanol–water partition coefficient (Wildman–Crippen LogP) is 4.19. The van der Waals surface area contributed by atoms with Crippen LogP contribution in [-0.4, -0.2) is 29.6 Å². The smallest absolute Gasteiger partial charge is 0.253 e. The van der Waals surface area contributed by atoms with Crippen LogP contribution >= 0.6 is 11.8 Å². The molecule has 4 heteroatoms. The van der Waals surface area contributed by atoms with Crippen LogP contribution in [0.25, 0.3) is 0 Å². The van der Waals surface area contributed by atoms with E-state index in [1.165, 1.54) is 11.1 Å². The fraction of sp³-hybridized carbons (Fsp3) is 0.300. The van der Waals surface area contributed by atoms with Gasteiger partial charge in [0.25, 0.3) is 5.91 Å². The fourth-order valence-corrected chi connectivity index (χ4v) is 4.40. The SMILES string of the molecule is Cc1ccccc1[C@@H]1CCN(C(=O)c2cccc(C#N)c2)CCS1. The number of nitrogens with zero attached hydrogens (tertiary/aromatic N) is 2. The van der Waals surface area contributed by atoms with Gasteiger partial charge in [0.1, 0.15) is 0 Å². The molecule has 1 amide bonds. The van der Waals surface area contributed by atoms with E-state index in [-0.39, 0.29) is 5.91 Å². The van der Waals surface area contributed by atoms with Gasteiger partial charge in [-0.15, -0.1) is 0 Å². The monoisotopic (exact) mass is 336 g/mol. The highest BCUT2D eigenvalue weighted by molar-refractivity contribution is 7.99. The first kappa shape index (κ1) is 16.6. The number of benzene rings is 2. The molecule has 0 aromatic heterocycles. The lowest BCUT2D eigenvalue weighted by Crippen LogP contribution is -2.33. The number of carbonyl (C=O) groups is 1. The average molecular weight is 336 g/mol. The van der Waals surface area contributed by atoms with Crippen LogP contribution in [-0.2, 0) is 0 Å². The minimum absolute atomic E-state index is 0.0260. The molecular formula is C20H20N2OS. The van der Waals surface area contributed by atoms with Crippen molar-refractivity contribution in [1.82, 2.24) is 4.90 Å². The first-order valence-electron chi connectivity index (χ1n) is 8.15. The predicted molar refractivity (Wildman–Crippen MR) is 98.1 cm³/mol. The maximum atomic E-state index is 12.7. The van der Waals surface area contributed by atoms with Crippen molar-refractivity contribution in [1.29, 1.82) is 5.26 Å². The molecule has 0 bridgehead atoms. The number of aryl methyl sites for hydroxylation is 1. The highest BCUT2D eigenvalue weighted by atomic mass is 32.2. The summed E-state index contributed by atoms with van der Waals surface area (Å²) in [5, 5.41) is 9.45. The van der Waals surface area contributed by atoms with E-state index in [1.54, 1.807) is 24.3 Å². The minimum atomic E-state index is 0.0260. The van der Waals surface area contributed by atoms with Crippen LogP contribution in [0.5, 0.6) is 0 Å². The lowest BCUT2D eigenvalue weighted by atomic mass is 10.0. The van der Waals surface area contributed by atoms with E-state index in [0.717, 1.165) is 25.3 Å². The van der Waals surface area contributed by atoms with Crippen molar-refractivity contribution < 1.29 is 4.79 Å². The van der Waals surface area contributed by atoms with Gasteiger partial charge in [0.2, 0.25) is 0 Å². The third-order valence-electron chi connectivity index (χ3n) is 4.40. The van der Waals surface area contributed by atoms with Crippen molar-refractivity contribution in [3.8, 4) is 6.07 Å². The van der Waals surface area contributed by atoms with Crippen LogP contribution in [0.3, 0.4) is 0 Å². The summed E-state index contributed by atoms with van der Waals surface area (Å²) in [7, 11) is 0. The topological polar surface area (TPSA) is 44.1 Å². The first-order chi connectivity index (χ1) is 11.7. The Hall–Kier alpha value is -2.25. The lowest BCUT2D eigenvalue weighted by molar-refractivity contribution is 0.0766. The summed E-state index contributed by atoms with van der Waals surface area (Å²) < 4.78 is 0. The summed E-state index contributed by atoms with van der Waals surface area (Å²) in [6.07, 6.45) is 0.958. The van der Waals surface area contributed by atoms with Crippen molar-refractivity contribution in [2.24, 2.45) is 0 Å². The van der Waals surface area contributed by atoms with Gasteiger partial charge in [0, 0.05) is 29.7 Å². The summed E-state index contributed by atoms with van der Waals surface area (Å²) >= 11 is 1.93. The second kappa shape index (κ2) is 7.55. The van der Waals surface area contributed by atoms with Gasteiger partial charge >= 0.3 is 0 Å². The maximum Gasteiger partial charge on any atom is 0.253 e. The number of nitriles is 1. The van der Waals surface area contributed by atoms with Crippen molar-refractivity contribution in [3.05, 3.63) is 70.8 Å². The molecule has 1 atom stereocenters. The fourth-order valence-electron chi connectivity index (χ4n) is 3.07. The van der Waals surface area contributed by atoms with Crippen molar-refractivity contribution in [2.75, 3.05) is 18.8 Å². The number of rotatable bonds is 2. The van der Waals surface area contributed by atoms with E-state index in [0.29, 0.717) is 16.4 Å². The zero-order chi connectivity index (χ0) is 16.9. The third-order valence-corrected chi connectivity index (χ3v) is 5.71. The third kappa shape index (κ3) is 3.63. The molecule has 2 aromatic carbocycles. The van der Waals surface area contributed by atoms with Crippen LogP contribution in [0.1, 0.15) is 38.7 Å². The van der Waals surface area contributed by atoms with Crippen LogP contribution in [0.15, 0.2) is 48.5 Å². The lowest BCUT2D eigenvalue weighted by Gasteiger charge is -2.21. The van der Waals surface area contributed by atoms with Crippen molar-refractivity contribution in [2.45, 2.75) is 18.6 Å². The van der Waals surface area contributed by atoms with Crippen LogP contribution in [0.2, 0.25) is 0 Å². The van der Waals surface area contributed by atoms with Crippen LogP contribution in [0.4, 0.5) is 0 Å². The van der Waals surface area contributed by atoms with Crippen molar-refractivity contribution >= 4 is 17.7 Å². The molecule has 0 unspecified atom stereocenters. The van der Waals surface area contributed by atoms with E-state index in [4.69, 9.17) is 5.26 Å². The molecule has 2 aromatic rings. The van der Waals surface area contributed by atoms with Crippen LogP contribution in [0, 0.1) is 18.3 Å². The molecule has 0 aliphatic carbocycles. The molecule has 0 saturated carbocycles. The number of hydrogen-bond donors (Lipinski definition) is 0. The molecule has 3 nitrogen and oxygen atoms in total. The van der Waals surface area contributed by atoms with Gasteiger partial charge in [0.15, 0.2) is 0 Å². The maximum absolute atomic E-state index is 12.7. The molecule has 24 heavy (non-hydrogen) atoms. The Labute approximate surface area is 147 Å². The summed E-state index contributed by atoms with van der Waals surface area (Å²) in [5.74, 6) is 0.959. The largest absolute Gasteiger partial charge is 0.338 e. The minimum Gasteiger partial charge on any atom is -0.338 e. The first-order valence-corrected chi connectivity index (χ1v) is 9.20. The van der Waals surface area contributed by atoms with Gasteiger partial charge < -0.3 is 4.90 Å². The van der Waals surface area contributed by atoms with Gasteiger partial charge in [-0.2, -0.15) is 17.0 Å². The van der Waals surface area contributed by atoms with Gasteiger partial charge in [0.05, 0.1) is 11.6 Å². The Morgan fingerprint density at radius 2 is 2.04 bits per heavy atom. The second-order valence-corrected chi connectivity index (χ2v) is 7.30. The van der Waals surface area contributed by atoms with E-state index in [2.05, 4.69) is 37.3 Å². The quantitative estimate of drug-likeness (QED) is 0.826. The Kier molecular flexibility index (Phi) is 5.22. The summed E-state index contributed by atoms with van der Waals surface area (Å²) in [4.78, 5) is 14.7. The van der Waals surface area contributed by atoms with E-state index in [1.807, 2.05) is 16.7 Å². The highest BCUT2D eigenvalue weighted by Crippen LogP contribution is 2.36. The van der Waals surface area contributed by atoms with Gasteiger partial charge in [-0.3, -0.25) is 4.79 Å². The zero-order valence-electron chi connectivity index (χ0n) is 13.7. The standard InChI is InChI=1S/C20H20N2OS/c1-15-5-2-3-8-18(15)19-9-10-22(11-12-24-19)20(23)17-7-4-6-16(13-17)14-21/h2-8,13,19H,9-12H2,1H3/t19-/m0/s1. The zero-order valence-corrected chi connectivity index (χ0v) is 14.6. The summed E-state index contributed by atoms with van der Waals surface area (Å²) in [6, 6.07) is 17.6. The second-order valence-electron chi connectivity index (χ2n) is 5.99. The molecule has 0 N–H and O–H groups in total. The molecule has 1 aliphatic heterocycles. The Bertz CT molecular complexity index is 781. The summed E-state index contributed by atoms with van der Waals surface area (Å²) in [6.45, 7) is 3.65. The molecule has 1 fully saturated rings. The normalized spacial score (nSPS) is 17.8. The molecule has 1 heterocycles. The molecule has 3 rings (SSSR count). The Morgan fingerprint density at radius 1 is 1.21 bits per heavy atom. The van der Waals surface area contributed by atoms with E-state index < -0.39 is 0 Å². The number of thioether (sulfide) groups is 1. The van der Waals surface area contributed by atoms with Crippen LogP contribution < -0.4 is 0 Å². The molecular weight excluding hydrogens is 316 g/mol. The molecule has 1 saturated heterocycles. The van der Waals surface area contributed by atoms with Gasteiger partial charge in [-0.05, 0) is 42.7 Å². The van der Waals surface area contributed by atoms with Gasteiger partial charge in [-0.25, -0.2) is 0 Å². The molecule has 0 radical (unpaired) electrons. The van der Waals surface area contributed by atoms with E-state index in [9.17, 15) is 4.79 Å². The van der Waals surface area contributed by atoms with E-state index >= 15 is 0 Å². The molecule has 1 aliphatic rings. The highest BCUT2D eigenvalue weighted by Gasteiger charge is 2.23. The average Bonchev–Trinajstić information content (AvgIpc) is 2.87. The molecule has 0 spiro atoms. The number of amides is 1.